The average molecular weight is 450 g/mol. The first-order chi connectivity index (χ1) is 15.8. The molecule has 3 rings (SSSR count). The van der Waals surface area contributed by atoms with Gasteiger partial charge in [-0.25, -0.2) is 0 Å². The number of rotatable bonds is 7. The number of piperazine rings is 2. The van der Waals surface area contributed by atoms with Crippen LogP contribution in [0.15, 0.2) is 53.7 Å². The van der Waals surface area contributed by atoms with Gasteiger partial charge in [0.15, 0.2) is 0 Å². The molecule has 5 heteroatoms. The lowest BCUT2D eigenvalue weighted by atomic mass is 10.0. The molecule has 5 nitrogen and oxygen atoms in total. The van der Waals surface area contributed by atoms with Crippen LogP contribution >= 0.6 is 0 Å². The predicted molar refractivity (Wildman–Crippen MR) is 142 cm³/mol. The molecule has 1 aromatic carbocycles. The lowest BCUT2D eigenvalue weighted by Crippen LogP contribution is -2.47. The third kappa shape index (κ3) is 6.73. The summed E-state index contributed by atoms with van der Waals surface area (Å²) in [6.07, 6.45) is 2.18. The third-order valence-corrected chi connectivity index (χ3v) is 6.76. The van der Waals surface area contributed by atoms with Gasteiger partial charge in [0, 0.05) is 82.4 Å². The number of nitrogens with zero attached hydrogens (tertiary/aromatic N) is 5. The second-order valence-electron chi connectivity index (χ2n) is 9.57. The van der Waals surface area contributed by atoms with Gasteiger partial charge in [0.05, 0.1) is 5.84 Å². The second kappa shape index (κ2) is 11.6. The van der Waals surface area contributed by atoms with Gasteiger partial charge in [-0.3, -0.25) is 9.89 Å². The molecule has 0 N–H and O–H groups in total. The van der Waals surface area contributed by atoms with Crippen LogP contribution in [-0.4, -0.2) is 84.3 Å². The summed E-state index contributed by atoms with van der Waals surface area (Å²) in [5.74, 6) is 1.18. The number of benzene rings is 1. The van der Waals surface area contributed by atoms with Gasteiger partial charge in [-0.2, -0.15) is 0 Å². The van der Waals surface area contributed by atoms with Crippen LogP contribution in [0.1, 0.15) is 44.4 Å². The van der Waals surface area contributed by atoms with Crippen LogP contribution < -0.4 is 0 Å². The summed E-state index contributed by atoms with van der Waals surface area (Å²) in [6, 6.07) is 6.91. The van der Waals surface area contributed by atoms with Crippen molar-refractivity contribution >= 4 is 11.5 Å². The van der Waals surface area contributed by atoms with Gasteiger partial charge >= 0.3 is 0 Å². The fourth-order valence-electron chi connectivity index (χ4n) is 4.75. The van der Waals surface area contributed by atoms with Crippen LogP contribution in [-0.2, 0) is 6.54 Å². The highest BCUT2D eigenvalue weighted by Crippen LogP contribution is 2.25. The minimum atomic E-state index is 0.862. The zero-order valence-corrected chi connectivity index (χ0v) is 21.5. The molecule has 0 amide bonds. The Balaban J connectivity index is 1.58. The minimum Gasteiger partial charge on any atom is -0.368 e. The zero-order chi connectivity index (χ0) is 24.0. The highest BCUT2D eigenvalue weighted by molar-refractivity contribution is 5.79. The van der Waals surface area contributed by atoms with E-state index < -0.39 is 0 Å². The summed E-state index contributed by atoms with van der Waals surface area (Å²) < 4.78 is 0. The van der Waals surface area contributed by atoms with Crippen molar-refractivity contribution in [1.82, 2.24) is 19.6 Å². The van der Waals surface area contributed by atoms with E-state index in [0.29, 0.717) is 0 Å². The number of hydrogen-bond acceptors (Lipinski definition) is 4. The highest BCUT2D eigenvalue weighted by Gasteiger charge is 2.21. The second-order valence-corrected chi connectivity index (χ2v) is 9.57. The Morgan fingerprint density at radius 2 is 1.52 bits per heavy atom. The van der Waals surface area contributed by atoms with Crippen LogP contribution in [0.4, 0.5) is 0 Å². The van der Waals surface area contributed by atoms with E-state index in [-0.39, 0.29) is 0 Å². The zero-order valence-electron chi connectivity index (χ0n) is 21.5. The maximum absolute atomic E-state index is 4.57. The Bertz CT molecular complexity index is 893. The fraction of sp³-hybridized carbons (Fsp3) is 0.536. The first-order valence-corrected chi connectivity index (χ1v) is 12.4. The molecule has 0 spiro atoms. The van der Waals surface area contributed by atoms with E-state index in [1.165, 1.54) is 28.1 Å². The van der Waals surface area contributed by atoms with E-state index in [1.807, 2.05) is 0 Å². The fourth-order valence-corrected chi connectivity index (χ4v) is 4.75. The molecule has 2 aliphatic rings. The molecule has 0 bridgehead atoms. The van der Waals surface area contributed by atoms with Crippen molar-refractivity contribution in [2.75, 3.05) is 58.9 Å². The van der Waals surface area contributed by atoms with Crippen molar-refractivity contribution in [1.29, 1.82) is 0 Å². The molecule has 2 heterocycles. The van der Waals surface area contributed by atoms with Gasteiger partial charge in [-0.15, -0.1) is 0 Å². The van der Waals surface area contributed by atoms with E-state index in [1.54, 1.807) is 0 Å². The number of aryl methyl sites for hydroxylation is 1. The minimum absolute atomic E-state index is 0.862. The van der Waals surface area contributed by atoms with Crippen molar-refractivity contribution < 1.29 is 0 Å². The molecule has 0 atom stereocenters. The Labute approximate surface area is 201 Å². The van der Waals surface area contributed by atoms with Crippen molar-refractivity contribution in [2.24, 2.45) is 4.99 Å². The maximum atomic E-state index is 4.57. The van der Waals surface area contributed by atoms with Gasteiger partial charge in [-0.05, 0) is 57.9 Å². The summed E-state index contributed by atoms with van der Waals surface area (Å²) in [5, 5.41) is 0. The number of aliphatic imine (C=N–C) groups is 1. The predicted octanol–water partition coefficient (Wildman–Crippen LogP) is 4.62. The van der Waals surface area contributed by atoms with Crippen LogP contribution in [0.2, 0.25) is 0 Å². The van der Waals surface area contributed by atoms with Crippen molar-refractivity contribution in [2.45, 2.75) is 41.2 Å². The Hall–Kier alpha value is -2.53. The first kappa shape index (κ1) is 25.1. The van der Waals surface area contributed by atoms with Crippen molar-refractivity contribution in [3.8, 4) is 0 Å². The van der Waals surface area contributed by atoms with E-state index in [9.17, 15) is 0 Å². The molecule has 180 valence electrons. The van der Waals surface area contributed by atoms with E-state index >= 15 is 0 Å². The standard InChI is InChI=1S/C28H43N5/c1-8-29-26(7)33-13-11-30(12-14-33)21-27-10-9-23(4)28(20-27)25(6)32-17-15-31(16-18-32)24(5)19-22(2)3/h9-10,19-20H,5-6,8,11-18,21H2,1-4,7H3/b29-26+. The first-order valence-electron chi connectivity index (χ1n) is 12.4. The van der Waals surface area contributed by atoms with Crippen molar-refractivity contribution in [3.05, 3.63) is 65.4 Å². The molecule has 0 unspecified atom stereocenters. The van der Waals surface area contributed by atoms with Crippen molar-refractivity contribution in [3.63, 3.8) is 0 Å². The Kier molecular flexibility index (Phi) is 8.79. The van der Waals surface area contributed by atoms with Gasteiger partial charge in [0.2, 0.25) is 0 Å². The molecule has 2 fully saturated rings. The van der Waals surface area contributed by atoms with Gasteiger partial charge in [0.1, 0.15) is 0 Å². The maximum Gasteiger partial charge on any atom is 0.0958 e. The summed E-state index contributed by atoms with van der Waals surface area (Å²) in [7, 11) is 0. The lowest BCUT2D eigenvalue weighted by Gasteiger charge is -2.39. The van der Waals surface area contributed by atoms with Crippen LogP contribution in [0.3, 0.4) is 0 Å². The number of amidine groups is 1. The van der Waals surface area contributed by atoms with Gasteiger partial charge < -0.3 is 14.7 Å². The topological polar surface area (TPSA) is 25.3 Å². The van der Waals surface area contributed by atoms with E-state index in [0.717, 1.165) is 76.8 Å². The average Bonchev–Trinajstić information content (AvgIpc) is 2.80. The quantitative estimate of drug-likeness (QED) is 0.345. The SMILES string of the molecule is C=C(C=C(C)C)N1CCN(C(=C)c2cc(CN3CCN(/C(C)=N/CC)CC3)ccc2C)CC1. The molecule has 0 saturated carbocycles. The summed E-state index contributed by atoms with van der Waals surface area (Å²) in [6.45, 7) is 29.5. The summed E-state index contributed by atoms with van der Waals surface area (Å²) >= 11 is 0. The molecular formula is C28H43N5. The Morgan fingerprint density at radius 1 is 0.909 bits per heavy atom. The molecule has 0 aromatic heterocycles. The number of hydrogen-bond donors (Lipinski definition) is 0. The molecule has 0 aliphatic carbocycles. The molecule has 2 saturated heterocycles. The molecule has 0 radical (unpaired) electrons. The smallest absolute Gasteiger partial charge is 0.0958 e. The summed E-state index contributed by atoms with van der Waals surface area (Å²) in [4.78, 5) is 14.4. The molecule has 2 aliphatic heterocycles. The Morgan fingerprint density at radius 3 is 2.12 bits per heavy atom. The monoisotopic (exact) mass is 449 g/mol. The molecule has 1 aromatic rings. The largest absolute Gasteiger partial charge is 0.368 e. The number of allylic oxidation sites excluding steroid dienone is 2. The van der Waals surface area contributed by atoms with E-state index in [4.69, 9.17) is 0 Å². The molecular weight excluding hydrogens is 406 g/mol. The summed E-state index contributed by atoms with van der Waals surface area (Å²) in [5.41, 5.74) is 7.53. The van der Waals surface area contributed by atoms with Crippen LogP contribution in [0.5, 0.6) is 0 Å². The normalized spacial score (nSPS) is 17.8. The molecule has 33 heavy (non-hydrogen) atoms. The van der Waals surface area contributed by atoms with Crippen LogP contribution in [0, 0.1) is 6.92 Å². The van der Waals surface area contributed by atoms with E-state index in [2.05, 4.69) is 96.6 Å². The third-order valence-electron chi connectivity index (χ3n) is 6.76. The van der Waals surface area contributed by atoms with Gasteiger partial charge in [0.25, 0.3) is 0 Å². The lowest BCUT2D eigenvalue weighted by molar-refractivity contribution is 0.174. The van der Waals surface area contributed by atoms with Gasteiger partial charge in [-0.1, -0.05) is 30.9 Å². The van der Waals surface area contributed by atoms with Crippen LogP contribution in [0.25, 0.3) is 5.70 Å². The highest BCUT2D eigenvalue weighted by atomic mass is 15.3.